The van der Waals surface area contributed by atoms with E-state index >= 15 is 0 Å². The summed E-state index contributed by atoms with van der Waals surface area (Å²) in [6.45, 7) is 0. The number of hydrogen-bond acceptors (Lipinski definition) is 5. The molecular weight excluding hydrogens is 350 g/mol. The number of sulfone groups is 2. The van der Waals surface area contributed by atoms with Gasteiger partial charge in [0.1, 0.15) is 0 Å². The van der Waals surface area contributed by atoms with Gasteiger partial charge in [-0.3, -0.25) is 4.79 Å². The first-order chi connectivity index (χ1) is 11.3. The molecule has 0 aromatic heterocycles. The summed E-state index contributed by atoms with van der Waals surface area (Å²) in [7, 11) is -6.97. The second kappa shape index (κ2) is 6.15. The molecular formula is C16H21NO5S2. The van der Waals surface area contributed by atoms with E-state index in [1.807, 2.05) is 0 Å². The normalized spacial score (nSPS) is 25.4. The summed E-state index contributed by atoms with van der Waals surface area (Å²) in [6.07, 6.45) is 2.23. The lowest BCUT2D eigenvalue weighted by atomic mass is 10.1. The van der Waals surface area contributed by atoms with Crippen molar-refractivity contribution in [3.05, 3.63) is 30.3 Å². The van der Waals surface area contributed by atoms with Crippen molar-refractivity contribution < 1.29 is 21.6 Å². The summed E-state index contributed by atoms with van der Waals surface area (Å²) in [6, 6.07) is 7.51. The number of carbonyl (C=O) groups excluding carboxylic acids is 1. The van der Waals surface area contributed by atoms with Gasteiger partial charge < -0.3 is 5.32 Å². The third-order valence-electron chi connectivity index (χ3n) is 4.96. The maximum absolute atomic E-state index is 13.1. The number of rotatable bonds is 4. The molecule has 1 atom stereocenters. The Bertz CT molecular complexity index is 824. The molecule has 0 bridgehead atoms. The van der Waals surface area contributed by atoms with E-state index in [1.54, 1.807) is 18.2 Å². The largest absolute Gasteiger partial charge is 0.351 e. The van der Waals surface area contributed by atoms with E-state index in [4.69, 9.17) is 0 Å². The van der Waals surface area contributed by atoms with E-state index < -0.39 is 36.4 Å². The van der Waals surface area contributed by atoms with Gasteiger partial charge in [-0.1, -0.05) is 31.0 Å². The second-order valence-electron chi connectivity index (χ2n) is 6.59. The van der Waals surface area contributed by atoms with E-state index in [-0.39, 0.29) is 29.2 Å². The Hall–Kier alpha value is -1.41. The fraction of sp³-hybridized carbons (Fsp3) is 0.562. The van der Waals surface area contributed by atoms with Crippen LogP contribution in [0.3, 0.4) is 0 Å². The maximum Gasteiger partial charge on any atom is 0.242 e. The van der Waals surface area contributed by atoms with E-state index in [0.29, 0.717) is 19.3 Å². The van der Waals surface area contributed by atoms with Crippen LogP contribution in [0.25, 0.3) is 0 Å². The first kappa shape index (κ1) is 17.4. The van der Waals surface area contributed by atoms with Crippen molar-refractivity contribution in [1.29, 1.82) is 0 Å². The van der Waals surface area contributed by atoms with Crippen molar-refractivity contribution in [2.24, 2.45) is 0 Å². The Morgan fingerprint density at radius 3 is 2.29 bits per heavy atom. The SMILES string of the molecule is O=C(NC1CCS(=O)(=O)C1)C1(S(=O)(=O)c2ccccc2)CCCC1. The van der Waals surface area contributed by atoms with Crippen molar-refractivity contribution in [2.45, 2.75) is 47.8 Å². The minimum absolute atomic E-state index is 0.0381. The summed E-state index contributed by atoms with van der Waals surface area (Å²) in [5, 5.41) is 2.70. The summed E-state index contributed by atoms with van der Waals surface area (Å²) < 4.78 is 47.9. The molecule has 24 heavy (non-hydrogen) atoms. The molecule has 1 aromatic carbocycles. The molecule has 0 spiro atoms. The average molecular weight is 371 g/mol. The van der Waals surface area contributed by atoms with Gasteiger partial charge in [-0.15, -0.1) is 0 Å². The van der Waals surface area contributed by atoms with Crippen molar-refractivity contribution in [3.63, 3.8) is 0 Å². The van der Waals surface area contributed by atoms with Gasteiger partial charge in [0, 0.05) is 6.04 Å². The third-order valence-corrected chi connectivity index (χ3v) is 9.24. The lowest BCUT2D eigenvalue weighted by Gasteiger charge is -2.29. The molecule has 1 saturated carbocycles. The Kier molecular flexibility index (Phi) is 4.46. The number of benzene rings is 1. The molecule has 1 aliphatic carbocycles. The number of hydrogen-bond donors (Lipinski definition) is 1. The van der Waals surface area contributed by atoms with Crippen LogP contribution in [0.15, 0.2) is 35.2 Å². The van der Waals surface area contributed by atoms with E-state index in [9.17, 15) is 21.6 Å². The molecule has 1 N–H and O–H groups in total. The molecule has 1 aliphatic heterocycles. The Morgan fingerprint density at radius 2 is 1.75 bits per heavy atom. The minimum Gasteiger partial charge on any atom is -0.351 e. The number of carbonyl (C=O) groups is 1. The molecule has 1 aromatic rings. The van der Waals surface area contributed by atoms with Crippen molar-refractivity contribution in [2.75, 3.05) is 11.5 Å². The minimum atomic E-state index is -3.83. The van der Waals surface area contributed by atoms with Crippen LogP contribution >= 0.6 is 0 Å². The molecule has 132 valence electrons. The Morgan fingerprint density at radius 1 is 1.12 bits per heavy atom. The highest BCUT2D eigenvalue weighted by atomic mass is 32.2. The highest BCUT2D eigenvalue weighted by molar-refractivity contribution is 7.93. The second-order valence-corrected chi connectivity index (χ2v) is 11.1. The zero-order chi connectivity index (χ0) is 17.4. The number of amides is 1. The molecule has 3 rings (SSSR count). The number of nitrogens with one attached hydrogen (secondary N) is 1. The zero-order valence-corrected chi connectivity index (χ0v) is 14.9. The van der Waals surface area contributed by atoms with E-state index in [2.05, 4.69) is 5.32 Å². The van der Waals surface area contributed by atoms with Crippen molar-refractivity contribution in [1.82, 2.24) is 5.32 Å². The molecule has 2 fully saturated rings. The summed E-state index contributed by atoms with van der Waals surface area (Å²) in [4.78, 5) is 13.0. The van der Waals surface area contributed by atoms with Crippen LogP contribution < -0.4 is 5.32 Å². The Labute approximate surface area is 142 Å². The molecule has 8 heteroatoms. The van der Waals surface area contributed by atoms with Crippen LogP contribution in [0.5, 0.6) is 0 Å². The molecule has 2 aliphatic rings. The smallest absolute Gasteiger partial charge is 0.242 e. The van der Waals surface area contributed by atoms with E-state index in [0.717, 1.165) is 0 Å². The average Bonchev–Trinajstić information content (AvgIpc) is 3.16. The molecule has 1 saturated heterocycles. The first-order valence-electron chi connectivity index (χ1n) is 8.08. The van der Waals surface area contributed by atoms with Crippen LogP contribution in [0.2, 0.25) is 0 Å². The lowest BCUT2D eigenvalue weighted by molar-refractivity contribution is -0.124. The van der Waals surface area contributed by atoms with Gasteiger partial charge in [-0.2, -0.15) is 0 Å². The van der Waals surface area contributed by atoms with Gasteiger partial charge in [-0.25, -0.2) is 16.8 Å². The van der Waals surface area contributed by atoms with Crippen LogP contribution in [0.4, 0.5) is 0 Å². The fourth-order valence-electron chi connectivity index (χ4n) is 3.61. The van der Waals surface area contributed by atoms with Gasteiger partial charge in [-0.05, 0) is 31.4 Å². The Balaban J connectivity index is 1.90. The fourth-order valence-corrected chi connectivity index (χ4v) is 7.38. The summed E-state index contributed by atoms with van der Waals surface area (Å²) in [5.41, 5.74) is 0. The quantitative estimate of drug-likeness (QED) is 0.854. The molecule has 1 amide bonds. The monoisotopic (exact) mass is 371 g/mol. The van der Waals surface area contributed by atoms with E-state index in [1.165, 1.54) is 12.1 Å². The third kappa shape index (κ3) is 2.97. The predicted molar refractivity (Wildman–Crippen MR) is 90.0 cm³/mol. The van der Waals surface area contributed by atoms with Crippen molar-refractivity contribution >= 4 is 25.6 Å². The standard InChI is InChI=1S/C16H21NO5S2/c18-15(17-13-8-11-23(19,20)12-13)16(9-4-5-10-16)24(21,22)14-6-2-1-3-7-14/h1-3,6-7,13H,4-5,8-12H2,(H,17,18). The highest BCUT2D eigenvalue weighted by Gasteiger charge is 2.53. The molecule has 0 radical (unpaired) electrons. The predicted octanol–water partition coefficient (Wildman–Crippen LogP) is 1.08. The summed E-state index contributed by atoms with van der Waals surface area (Å²) in [5.74, 6) is -0.623. The van der Waals surface area contributed by atoms with Crippen LogP contribution in [0, 0.1) is 0 Å². The maximum atomic E-state index is 13.1. The zero-order valence-electron chi connectivity index (χ0n) is 13.3. The molecule has 1 unspecified atom stereocenters. The van der Waals surface area contributed by atoms with Crippen LogP contribution in [0.1, 0.15) is 32.1 Å². The van der Waals surface area contributed by atoms with Crippen LogP contribution in [-0.2, 0) is 24.5 Å². The highest BCUT2D eigenvalue weighted by Crippen LogP contribution is 2.41. The first-order valence-corrected chi connectivity index (χ1v) is 11.4. The lowest BCUT2D eigenvalue weighted by Crippen LogP contribution is -2.53. The van der Waals surface area contributed by atoms with Gasteiger partial charge in [0.15, 0.2) is 24.4 Å². The van der Waals surface area contributed by atoms with Gasteiger partial charge in [0.25, 0.3) is 0 Å². The van der Waals surface area contributed by atoms with Crippen LogP contribution in [-0.4, -0.2) is 45.0 Å². The van der Waals surface area contributed by atoms with Gasteiger partial charge in [0.05, 0.1) is 16.4 Å². The molecule has 1 heterocycles. The molecule has 6 nitrogen and oxygen atoms in total. The van der Waals surface area contributed by atoms with Gasteiger partial charge in [0.2, 0.25) is 5.91 Å². The van der Waals surface area contributed by atoms with Gasteiger partial charge >= 0.3 is 0 Å². The topological polar surface area (TPSA) is 97.4 Å². The summed E-state index contributed by atoms with van der Waals surface area (Å²) >= 11 is 0. The van der Waals surface area contributed by atoms with Crippen molar-refractivity contribution in [3.8, 4) is 0 Å².